The van der Waals surface area contributed by atoms with Crippen LogP contribution in [-0.2, 0) is 6.54 Å². The molecule has 26 heavy (non-hydrogen) atoms. The Labute approximate surface area is 148 Å². The van der Waals surface area contributed by atoms with E-state index in [0.29, 0.717) is 29.1 Å². The highest BCUT2D eigenvalue weighted by molar-refractivity contribution is 5.66. The van der Waals surface area contributed by atoms with Gasteiger partial charge in [-0.15, -0.1) is 0 Å². The molecular weight excluding hydrogens is 333 g/mol. The summed E-state index contributed by atoms with van der Waals surface area (Å²) in [6, 6.07) is 12.0. The summed E-state index contributed by atoms with van der Waals surface area (Å²) in [5, 5.41) is 3.96. The molecule has 1 aromatic carbocycles. The van der Waals surface area contributed by atoms with Gasteiger partial charge in [0, 0.05) is 6.07 Å². The fourth-order valence-corrected chi connectivity index (χ4v) is 3.24. The normalized spacial score (nSPS) is 11.2. The molecule has 4 rings (SSSR count). The number of rotatable bonds is 3. The molecule has 0 unspecified atom stereocenters. The van der Waals surface area contributed by atoms with Gasteiger partial charge in [0.05, 0.1) is 17.5 Å². The lowest BCUT2D eigenvalue weighted by atomic mass is 10.1. The molecule has 0 N–H and O–H groups in total. The molecule has 4 aromatic rings. The molecule has 3 heterocycles. The van der Waals surface area contributed by atoms with Crippen molar-refractivity contribution in [2.75, 3.05) is 0 Å². The minimum absolute atomic E-state index is 0.148. The van der Waals surface area contributed by atoms with Gasteiger partial charge < -0.3 is 4.52 Å². The summed E-state index contributed by atoms with van der Waals surface area (Å²) in [6.45, 7) is 4.02. The Morgan fingerprint density at radius 2 is 2.04 bits per heavy atom. The van der Waals surface area contributed by atoms with E-state index in [9.17, 15) is 9.18 Å². The molecule has 0 fully saturated rings. The van der Waals surface area contributed by atoms with E-state index in [2.05, 4.69) is 5.16 Å². The second-order valence-corrected chi connectivity index (χ2v) is 6.23. The summed E-state index contributed by atoms with van der Waals surface area (Å²) in [7, 11) is 0. The third-order valence-electron chi connectivity index (χ3n) is 4.41. The summed E-state index contributed by atoms with van der Waals surface area (Å²) in [5.74, 6) is 0.305. The van der Waals surface area contributed by atoms with Crippen molar-refractivity contribution in [2.24, 2.45) is 0 Å². The zero-order chi connectivity index (χ0) is 18.3. The molecule has 0 amide bonds. The van der Waals surface area contributed by atoms with Crippen molar-refractivity contribution in [1.29, 1.82) is 0 Å². The standard InChI is InChI=1S/C20H17FN3O2/c1-13-19(14(2)26-22-13)17-12-23(11-15-6-5-7-16(21)10-15)18-8-3-4-9-24(18)20(17)25/h3-10,12H,11H2,1-2H3/q+1. The summed E-state index contributed by atoms with van der Waals surface area (Å²) in [5.41, 5.74) is 3.24. The van der Waals surface area contributed by atoms with Crippen LogP contribution in [0.2, 0.25) is 0 Å². The van der Waals surface area contributed by atoms with Crippen LogP contribution in [0.15, 0.2) is 64.2 Å². The van der Waals surface area contributed by atoms with Gasteiger partial charge in [-0.05, 0) is 37.6 Å². The SMILES string of the molecule is Cc1noc(C)c1-c1c[n+](Cc2cccc(F)c2)c2ccccn2c1=O. The number of hydrogen-bond acceptors (Lipinski definition) is 3. The average Bonchev–Trinajstić information content (AvgIpc) is 2.96. The fourth-order valence-electron chi connectivity index (χ4n) is 3.24. The minimum atomic E-state index is -0.286. The van der Waals surface area contributed by atoms with E-state index in [1.54, 1.807) is 35.9 Å². The van der Waals surface area contributed by atoms with Gasteiger partial charge in [0.2, 0.25) is 0 Å². The first-order valence-corrected chi connectivity index (χ1v) is 8.26. The molecule has 5 nitrogen and oxygen atoms in total. The second-order valence-electron chi connectivity index (χ2n) is 6.23. The van der Waals surface area contributed by atoms with Crippen molar-refractivity contribution >= 4 is 5.65 Å². The summed E-state index contributed by atoms with van der Waals surface area (Å²) >= 11 is 0. The fraction of sp³-hybridized carbons (Fsp3) is 0.150. The zero-order valence-corrected chi connectivity index (χ0v) is 14.4. The first kappa shape index (κ1) is 16.2. The van der Waals surface area contributed by atoms with Gasteiger partial charge in [-0.3, -0.25) is 0 Å². The summed E-state index contributed by atoms with van der Waals surface area (Å²) in [4.78, 5) is 13.0. The molecule has 130 valence electrons. The Morgan fingerprint density at radius 3 is 2.77 bits per heavy atom. The van der Waals surface area contributed by atoms with E-state index in [1.807, 2.05) is 29.7 Å². The minimum Gasteiger partial charge on any atom is -0.361 e. The highest BCUT2D eigenvalue weighted by Crippen LogP contribution is 2.23. The molecule has 6 heteroatoms. The van der Waals surface area contributed by atoms with Gasteiger partial charge in [-0.1, -0.05) is 23.4 Å². The van der Waals surface area contributed by atoms with Crippen LogP contribution in [0.5, 0.6) is 0 Å². The van der Waals surface area contributed by atoms with Crippen LogP contribution in [0.1, 0.15) is 17.0 Å². The van der Waals surface area contributed by atoms with Gasteiger partial charge in [-0.25, -0.2) is 13.8 Å². The Balaban J connectivity index is 1.98. The molecule has 0 atom stereocenters. The molecule has 0 aliphatic heterocycles. The topological polar surface area (TPSA) is 51.4 Å². The monoisotopic (exact) mass is 350 g/mol. The molecule has 0 saturated heterocycles. The Hall–Kier alpha value is -3.28. The summed E-state index contributed by atoms with van der Waals surface area (Å²) in [6.07, 6.45) is 3.51. The Kier molecular flexibility index (Phi) is 3.88. The average molecular weight is 350 g/mol. The number of fused-ring (bicyclic) bond motifs is 1. The number of pyridine rings is 1. The van der Waals surface area contributed by atoms with Crippen LogP contribution >= 0.6 is 0 Å². The van der Waals surface area contributed by atoms with Crippen molar-refractivity contribution in [3.63, 3.8) is 0 Å². The maximum atomic E-state index is 13.6. The first-order chi connectivity index (χ1) is 12.5. The number of aryl methyl sites for hydroxylation is 2. The Bertz CT molecular complexity index is 1160. The Morgan fingerprint density at radius 1 is 1.19 bits per heavy atom. The predicted octanol–water partition coefficient (Wildman–Crippen LogP) is 3.05. The molecule has 0 aliphatic rings. The van der Waals surface area contributed by atoms with E-state index in [0.717, 1.165) is 11.2 Å². The van der Waals surface area contributed by atoms with Crippen molar-refractivity contribution in [2.45, 2.75) is 20.4 Å². The van der Waals surface area contributed by atoms with Gasteiger partial charge in [0.15, 0.2) is 0 Å². The molecular formula is C20H17FN3O2+. The molecule has 0 aliphatic carbocycles. The zero-order valence-electron chi connectivity index (χ0n) is 14.4. The number of benzene rings is 1. The lowest BCUT2D eigenvalue weighted by molar-refractivity contribution is -0.665. The van der Waals surface area contributed by atoms with Crippen LogP contribution in [-0.4, -0.2) is 9.56 Å². The molecule has 0 radical (unpaired) electrons. The van der Waals surface area contributed by atoms with E-state index in [1.165, 1.54) is 12.1 Å². The maximum Gasteiger partial charge on any atom is 0.350 e. The lowest BCUT2D eigenvalue weighted by Gasteiger charge is -2.07. The van der Waals surface area contributed by atoms with Crippen LogP contribution in [0.3, 0.4) is 0 Å². The van der Waals surface area contributed by atoms with Crippen LogP contribution in [0, 0.1) is 19.7 Å². The van der Waals surface area contributed by atoms with Crippen molar-refractivity contribution in [3.8, 4) is 11.1 Å². The number of hydrogen-bond donors (Lipinski definition) is 0. The largest absolute Gasteiger partial charge is 0.361 e. The molecule has 3 aromatic heterocycles. The van der Waals surface area contributed by atoms with Crippen LogP contribution in [0.4, 0.5) is 4.39 Å². The number of aromatic nitrogens is 3. The molecule has 0 bridgehead atoms. The van der Waals surface area contributed by atoms with Crippen LogP contribution < -0.4 is 10.1 Å². The maximum absolute atomic E-state index is 13.6. The lowest BCUT2D eigenvalue weighted by Crippen LogP contribution is -2.40. The smallest absolute Gasteiger partial charge is 0.350 e. The third kappa shape index (κ3) is 2.69. The number of halogens is 1. The highest BCUT2D eigenvalue weighted by atomic mass is 19.1. The van der Waals surface area contributed by atoms with Gasteiger partial charge in [0.1, 0.15) is 29.9 Å². The van der Waals surface area contributed by atoms with E-state index >= 15 is 0 Å². The van der Waals surface area contributed by atoms with Crippen LogP contribution in [0.25, 0.3) is 16.8 Å². The van der Waals surface area contributed by atoms with Crippen molar-refractivity contribution < 1.29 is 13.5 Å². The summed E-state index contributed by atoms with van der Waals surface area (Å²) < 4.78 is 22.3. The van der Waals surface area contributed by atoms with Gasteiger partial charge in [-0.2, -0.15) is 4.40 Å². The van der Waals surface area contributed by atoms with E-state index in [4.69, 9.17) is 4.52 Å². The van der Waals surface area contributed by atoms with E-state index < -0.39 is 0 Å². The van der Waals surface area contributed by atoms with Crippen molar-refractivity contribution in [1.82, 2.24) is 9.56 Å². The molecule has 0 spiro atoms. The quantitative estimate of drug-likeness (QED) is 0.534. The number of nitrogens with zero attached hydrogens (tertiary/aromatic N) is 3. The van der Waals surface area contributed by atoms with Gasteiger partial charge in [0.25, 0.3) is 5.65 Å². The predicted molar refractivity (Wildman–Crippen MR) is 94.3 cm³/mol. The third-order valence-corrected chi connectivity index (χ3v) is 4.41. The molecule has 0 saturated carbocycles. The first-order valence-electron chi connectivity index (χ1n) is 8.26. The van der Waals surface area contributed by atoms with E-state index in [-0.39, 0.29) is 11.4 Å². The highest BCUT2D eigenvalue weighted by Gasteiger charge is 2.22. The second kappa shape index (κ2) is 6.22. The van der Waals surface area contributed by atoms with Crippen molar-refractivity contribution in [3.05, 3.63) is 88.0 Å². The van der Waals surface area contributed by atoms with Gasteiger partial charge >= 0.3 is 5.56 Å².